The van der Waals surface area contributed by atoms with E-state index in [1.807, 2.05) is 13.0 Å². The van der Waals surface area contributed by atoms with Crippen molar-refractivity contribution in [3.63, 3.8) is 0 Å². The summed E-state index contributed by atoms with van der Waals surface area (Å²) in [6.45, 7) is 7.67. The standard InChI is InChI=1S/C33H31Cl3O6/c1-5-19(2)16-20(3)6-15-25-17-26-27(18-40-25)30(41-31(38)21-7-11-23(34)12-8-21)33(4,29(37)28(26)36)42-32(39)22-9-13-24(35)14-10-22/h6-17,19,27,30H,5,18H2,1-4H3/b15-6+,20-16+/t19?,27-,30+,33-/m0/s1. The van der Waals surface area contributed by atoms with E-state index in [2.05, 4.69) is 19.9 Å². The summed E-state index contributed by atoms with van der Waals surface area (Å²) in [6, 6.07) is 12.1. The van der Waals surface area contributed by atoms with Gasteiger partial charge in [-0.1, -0.05) is 72.8 Å². The first-order valence-corrected chi connectivity index (χ1v) is 14.7. The molecule has 1 unspecified atom stereocenters. The minimum Gasteiger partial charge on any atom is -0.493 e. The highest BCUT2D eigenvalue weighted by atomic mass is 35.5. The Hall–Kier alpha value is -3.32. The number of benzene rings is 2. The van der Waals surface area contributed by atoms with Gasteiger partial charge in [0.2, 0.25) is 11.4 Å². The first kappa shape index (κ1) is 31.6. The van der Waals surface area contributed by atoms with E-state index in [0.717, 1.165) is 12.0 Å². The maximum absolute atomic E-state index is 13.8. The lowest BCUT2D eigenvalue weighted by atomic mass is 9.74. The van der Waals surface area contributed by atoms with Crippen LogP contribution in [0.4, 0.5) is 0 Å². The van der Waals surface area contributed by atoms with Gasteiger partial charge in [0.1, 0.15) is 5.76 Å². The number of carbonyl (C=O) groups excluding carboxylic acids is 3. The highest BCUT2D eigenvalue weighted by molar-refractivity contribution is 6.44. The zero-order valence-electron chi connectivity index (χ0n) is 23.7. The van der Waals surface area contributed by atoms with Gasteiger partial charge in [0.05, 0.1) is 28.7 Å². The molecule has 0 N–H and O–H groups in total. The van der Waals surface area contributed by atoms with Crippen LogP contribution in [0.15, 0.2) is 94.8 Å². The number of ketones is 1. The number of rotatable bonds is 8. The van der Waals surface area contributed by atoms with Gasteiger partial charge in [-0.2, -0.15) is 0 Å². The second-order valence-electron chi connectivity index (χ2n) is 10.5. The zero-order valence-corrected chi connectivity index (χ0v) is 25.9. The largest absolute Gasteiger partial charge is 0.493 e. The van der Waals surface area contributed by atoms with Crippen molar-refractivity contribution in [2.45, 2.75) is 45.8 Å². The Morgan fingerprint density at radius 2 is 1.60 bits per heavy atom. The molecular weight excluding hydrogens is 599 g/mol. The summed E-state index contributed by atoms with van der Waals surface area (Å²) in [5.74, 6) is -2.01. The Morgan fingerprint density at radius 1 is 1.02 bits per heavy atom. The van der Waals surface area contributed by atoms with Crippen LogP contribution < -0.4 is 0 Å². The normalized spacial score (nSPS) is 23.2. The fourth-order valence-electron chi connectivity index (χ4n) is 4.75. The van der Waals surface area contributed by atoms with Crippen molar-refractivity contribution in [1.82, 2.24) is 0 Å². The molecule has 2 aliphatic rings. The Kier molecular flexibility index (Phi) is 10.0. The molecule has 4 atom stereocenters. The lowest BCUT2D eigenvalue weighted by Gasteiger charge is -2.44. The van der Waals surface area contributed by atoms with Crippen molar-refractivity contribution in [2.24, 2.45) is 11.8 Å². The highest BCUT2D eigenvalue weighted by Crippen LogP contribution is 2.44. The summed E-state index contributed by atoms with van der Waals surface area (Å²) < 4.78 is 17.8. The van der Waals surface area contributed by atoms with Gasteiger partial charge in [0.25, 0.3) is 0 Å². The summed E-state index contributed by atoms with van der Waals surface area (Å²) in [6.07, 6.45) is 7.31. The van der Waals surface area contributed by atoms with Crippen LogP contribution >= 0.6 is 34.8 Å². The van der Waals surface area contributed by atoms with Gasteiger partial charge < -0.3 is 14.2 Å². The van der Waals surface area contributed by atoms with Gasteiger partial charge in [0.15, 0.2) is 6.10 Å². The Balaban J connectivity index is 1.72. The van der Waals surface area contributed by atoms with Crippen LogP contribution in [0.2, 0.25) is 10.0 Å². The van der Waals surface area contributed by atoms with Gasteiger partial charge in [-0.25, -0.2) is 9.59 Å². The van der Waals surface area contributed by atoms with E-state index in [0.29, 0.717) is 27.3 Å². The molecule has 0 bridgehead atoms. The number of esters is 2. The smallest absolute Gasteiger partial charge is 0.339 e. The summed E-state index contributed by atoms with van der Waals surface area (Å²) in [4.78, 5) is 40.3. The van der Waals surface area contributed by atoms with Crippen molar-refractivity contribution in [3.05, 3.63) is 116 Å². The number of carbonyl (C=O) groups is 3. The molecule has 4 rings (SSSR count). The molecule has 0 fully saturated rings. The molecule has 2 aromatic rings. The first-order chi connectivity index (χ1) is 19.9. The van der Waals surface area contributed by atoms with Crippen LogP contribution in [-0.4, -0.2) is 36.0 Å². The summed E-state index contributed by atoms with van der Waals surface area (Å²) >= 11 is 18.6. The predicted molar refractivity (Wildman–Crippen MR) is 164 cm³/mol. The van der Waals surface area contributed by atoms with Crippen LogP contribution in [0.3, 0.4) is 0 Å². The van der Waals surface area contributed by atoms with Crippen molar-refractivity contribution >= 4 is 52.5 Å². The lowest BCUT2D eigenvalue weighted by molar-refractivity contribution is -0.153. The van der Waals surface area contributed by atoms with E-state index in [9.17, 15) is 14.4 Å². The van der Waals surface area contributed by atoms with Gasteiger partial charge in [-0.05, 0) is 86.0 Å². The van der Waals surface area contributed by atoms with Crippen LogP contribution in [0.1, 0.15) is 54.8 Å². The second kappa shape index (κ2) is 13.3. The minimum atomic E-state index is -1.95. The molecule has 42 heavy (non-hydrogen) atoms. The van der Waals surface area contributed by atoms with Crippen molar-refractivity contribution in [3.8, 4) is 0 Å². The third-order valence-corrected chi connectivity index (χ3v) is 8.23. The van der Waals surface area contributed by atoms with Gasteiger partial charge >= 0.3 is 11.9 Å². The minimum absolute atomic E-state index is 0.0236. The molecule has 0 radical (unpaired) electrons. The van der Waals surface area contributed by atoms with Gasteiger partial charge in [-0.3, -0.25) is 4.79 Å². The maximum Gasteiger partial charge on any atom is 0.339 e. The topological polar surface area (TPSA) is 78.9 Å². The summed E-state index contributed by atoms with van der Waals surface area (Å²) in [5.41, 5.74) is -0.0863. The molecule has 0 aromatic heterocycles. The average Bonchev–Trinajstić information content (AvgIpc) is 2.97. The second-order valence-corrected chi connectivity index (χ2v) is 11.8. The van der Waals surface area contributed by atoms with Crippen LogP contribution in [0.25, 0.3) is 0 Å². The van der Waals surface area contributed by atoms with Gasteiger partial charge in [0, 0.05) is 10.0 Å². The van der Waals surface area contributed by atoms with Crippen LogP contribution in [0, 0.1) is 11.8 Å². The Labute approximate surface area is 260 Å². The molecule has 2 aromatic carbocycles. The molecule has 0 saturated heterocycles. The van der Waals surface area contributed by atoms with Crippen LogP contribution in [0.5, 0.6) is 0 Å². The highest BCUT2D eigenvalue weighted by Gasteiger charge is 2.57. The summed E-state index contributed by atoms with van der Waals surface area (Å²) in [5, 5.41) is 0.753. The Bertz CT molecular complexity index is 1490. The first-order valence-electron chi connectivity index (χ1n) is 13.5. The molecule has 1 heterocycles. The van der Waals surface area contributed by atoms with E-state index in [-0.39, 0.29) is 22.8 Å². The van der Waals surface area contributed by atoms with E-state index in [1.165, 1.54) is 43.3 Å². The Morgan fingerprint density at radius 3 is 2.17 bits per heavy atom. The molecule has 0 spiro atoms. The molecule has 1 aliphatic carbocycles. The SMILES string of the molecule is CCC(C)/C=C(C)/C=C/C1=CC2=C(Cl)C(=O)[C@](C)(OC(=O)c3ccc(Cl)cc3)[C@H](OC(=O)c3ccc(Cl)cc3)[C@H]2CO1. The number of ether oxygens (including phenoxy) is 3. The van der Waals surface area contributed by atoms with E-state index in [1.54, 1.807) is 24.3 Å². The molecular formula is C33H31Cl3O6. The third-order valence-electron chi connectivity index (χ3n) is 7.34. The molecule has 9 heteroatoms. The number of halogens is 3. The molecule has 1 aliphatic heterocycles. The summed E-state index contributed by atoms with van der Waals surface area (Å²) in [7, 11) is 0. The number of fused-ring (bicyclic) bond motifs is 1. The van der Waals surface area contributed by atoms with Crippen molar-refractivity contribution in [1.29, 1.82) is 0 Å². The quantitative estimate of drug-likeness (QED) is 0.216. The number of hydrogen-bond acceptors (Lipinski definition) is 6. The van der Waals surface area contributed by atoms with E-state index in [4.69, 9.17) is 49.0 Å². The van der Waals surface area contributed by atoms with E-state index >= 15 is 0 Å². The zero-order chi connectivity index (χ0) is 30.6. The number of hydrogen-bond donors (Lipinski definition) is 0. The molecule has 220 valence electrons. The van der Waals surface area contributed by atoms with Crippen molar-refractivity contribution < 1.29 is 28.6 Å². The third kappa shape index (κ3) is 7.00. The monoisotopic (exact) mass is 628 g/mol. The molecule has 6 nitrogen and oxygen atoms in total. The average molecular weight is 630 g/mol. The fraction of sp³-hybridized carbons (Fsp3) is 0.303. The molecule has 0 amide bonds. The van der Waals surface area contributed by atoms with E-state index < -0.39 is 35.3 Å². The van der Waals surface area contributed by atoms with Crippen molar-refractivity contribution in [2.75, 3.05) is 6.61 Å². The lowest BCUT2D eigenvalue weighted by Crippen LogP contribution is -2.59. The maximum atomic E-state index is 13.8. The number of Topliss-reactive ketones (excluding diaryl/α,β-unsaturated/α-hetero) is 1. The van der Waals surface area contributed by atoms with Crippen LogP contribution in [-0.2, 0) is 19.0 Å². The molecule has 0 saturated carbocycles. The van der Waals surface area contributed by atoms with Gasteiger partial charge in [-0.15, -0.1) is 0 Å². The number of allylic oxidation sites excluding steroid dienone is 5. The predicted octanol–water partition coefficient (Wildman–Crippen LogP) is 8.29. The fourth-order valence-corrected chi connectivity index (χ4v) is 5.39.